The van der Waals surface area contributed by atoms with Crippen LogP contribution in [0, 0.1) is 6.92 Å². The second-order valence-electron chi connectivity index (χ2n) is 4.99. The zero-order chi connectivity index (χ0) is 15.0. The Bertz CT molecular complexity index is 717. The van der Waals surface area contributed by atoms with E-state index in [1.54, 1.807) is 11.8 Å². The highest BCUT2D eigenvalue weighted by Gasteiger charge is 2.25. The number of halogens is 1. The Hall–Kier alpha value is -1.46. The third-order valence-corrected chi connectivity index (χ3v) is 5.06. The van der Waals surface area contributed by atoms with Crippen molar-refractivity contribution in [3.63, 3.8) is 0 Å². The first-order valence-electron chi connectivity index (χ1n) is 6.66. The topological polar surface area (TPSA) is 46.3 Å². The number of aryl methyl sites for hydroxylation is 1. The second kappa shape index (κ2) is 5.73. The zero-order valence-electron chi connectivity index (χ0n) is 11.6. The van der Waals surface area contributed by atoms with Crippen molar-refractivity contribution >= 4 is 45.0 Å². The minimum Gasteiger partial charge on any atom is -0.399 e. The van der Waals surface area contributed by atoms with Gasteiger partial charge in [-0.05, 0) is 42.8 Å². The Balaban J connectivity index is 2.04. The van der Waals surface area contributed by atoms with E-state index < -0.39 is 0 Å². The lowest BCUT2D eigenvalue weighted by molar-refractivity contribution is 0.0987. The minimum atomic E-state index is 0.0287. The summed E-state index contributed by atoms with van der Waals surface area (Å²) in [6.45, 7) is 2.66. The molecule has 0 atom stereocenters. The van der Waals surface area contributed by atoms with Gasteiger partial charge < -0.3 is 10.6 Å². The largest absolute Gasteiger partial charge is 0.399 e. The molecule has 0 unspecified atom stereocenters. The Morgan fingerprint density at radius 2 is 2.10 bits per heavy atom. The highest BCUT2D eigenvalue weighted by Crippen LogP contribution is 2.37. The Morgan fingerprint density at radius 1 is 1.29 bits per heavy atom. The standard InChI is InChI=1S/C16H15BrN2OS/c1-10-2-3-11(17)8-13(10)16(20)19-6-7-21-15-5-4-12(18)9-14(15)19/h2-5,8-9H,6-7,18H2,1H3. The maximum Gasteiger partial charge on any atom is 0.258 e. The summed E-state index contributed by atoms with van der Waals surface area (Å²) in [5.74, 6) is 0.927. The summed E-state index contributed by atoms with van der Waals surface area (Å²) >= 11 is 5.20. The van der Waals surface area contributed by atoms with Crippen molar-refractivity contribution in [3.05, 3.63) is 52.0 Å². The molecule has 1 aliphatic heterocycles. The first-order valence-corrected chi connectivity index (χ1v) is 8.44. The summed E-state index contributed by atoms with van der Waals surface area (Å²) in [5.41, 5.74) is 9.18. The molecule has 0 radical (unpaired) electrons. The molecular formula is C16H15BrN2OS. The van der Waals surface area contributed by atoms with Crippen LogP contribution in [-0.2, 0) is 0 Å². The summed E-state index contributed by atoms with van der Waals surface area (Å²) < 4.78 is 0.913. The van der Waals surface area contributed by atoms with E-state index in [-0.39, 0.29) is 5.91 Å². The number of nitrogens with two attached hydrogens (primary N) is 1. The number of carbonyl (C=O) groups excluding carboxylic acids is 1. The molecule has 2 aromatic rings. The van der Waals surface area contributed by atoms with E-state index in [1.807, 2.05) is 48.2 Å². The van der Waals surface area contributed by atoms with Gasteiger partial charge in [-0.1, -0.05) is 22.0 Å². The molecule has 0 aromatic heterocycles. The normalized spacial score (nSPS) is 13.9. The molecule has 0 saturated heterocycles. The molecular weight excluding hydrogens is 348 g/mol. The molecule has 108 valence electrons. The summed E-state index contributed by atoms with van der Waals surface area (Å²) in [7, 11) is 0. The molecule has 0 fully saturated rings. The summed E-state index contributed by atoms with van der Waals surface area (Å²) in [4.78, 5) is 15.8. The van der Waals surface area contributed by atoms with Gasteiger partial charge >= 0.3 is 0 Å². The smallest absolute Gasteiger partial charge is 0.258 e. The lowest BCUT2D eigenvalue weighted by Crippen LogP contribution is -2.35. The van der Waals surface area contributed by atoms with Crippen LogP contribution in [0.3, 0.4) is 0 Å². The van der Waals surface area contributed by atoms with Crippen molar-refractivity contribution in [3.8, 4) is 0 Å². The van der Waals surface area contributed by atoms with Crippen LogP contribution in [0.4, 0.5) is 11.4 Å². The highest BCUT2D eigenvalue weighted by molar-refractivity contribution is 9.10. The molecule has 0 aliphatic carbocycles. The number of carbonyl (C=O) groups is 1. The number of nitrogen functional groups attached to an aromatic ring is 1. The van der Waals surface area contributed by atoms with E-state index >= 15 is 0 Å². The molecule has 1 heterocycles. The predicted molar refractivity (Wildman–Crippen MR) is 92.1 cm³/mol. The molecule has 21 heavy (non-hydrogen) atoms. The minimum absolute atomic E-state index is 0.0287. The van der Waals surface area contributed by atoms with E-state index in [0.717, 1.165) is 31.9 Å². The van der Waals surface area contributed by atoms with Crippen LogP contribution in [0.1, 0.15) is 15.9 Å². The van der Waals surface area contributed by atoms with E-state index in [0.29, 0.717) is 12.2 Å². The van der Waals surface area contributed by atoms with E-state index in [1.165, 1.54) is 0 Å². The molecule has 1 aliphatic rings. The van der Waals surface area contributed by atoms with Crippen molar-refractivity contribution in [1.29, 1.82) is 0 Å². The lowest BCUT2D eigenvalue weighted by Gasteiger charge is -2.29. The van der Waals surface area contributed by atoms with Crippen molar-refractivity contribution in [1.82, 2.24) is 0 Å². The number of hydrogen-bond acceptors (Lipinski definition) is 3. The molecule has 3 nitrogen and oxygen atoms in total. The molecule has 2 N–H and O–H groups in total. The second-order valence-corrected chi connectivity index (χ2v) is 7.04. The van der Waals surface area contributed by atoms with Crippen molar-refractivity contribution < 1.29 is 4.79 Å². The molecule has 1 amide bonds. The maximum absolute atomic E-state index is 12.9. The molecule has 0 spiro atoms. The van der Waals surface area contributed by atoms with E-state index in [4.69, 9.17) is 5.73 Å². The van der Waals surface area contributed by atoms with Gasteiger partial charge in [-0.3, -0.25) is 4.79 Å². The molecule has 3 rings (SSSR count). The van der Waals surface area contributed by atoms with Gasteiger partial charge in [0.15, 0.2) is 0 Å². The number of hydrogen-bond donors (Lipinski definition) is 1. The van der Waals surface area contributed by atoms with Crippen LogP contribution in [0.15, 0.2) is 45.8 Å². The number of amides is 1. The molecule has 0 bridgehead atoms. The average Bonchev–Trinajstić information content (AvgIpc) is 2.48. The quantitative estimate of drug-likeness (QED) is 0.777. The van der Waals surface area contributed by atoms with Gasteiger partial charge in [0.1, 0.15) is 0 Å². The average molecular weight is 363 g/mol. The number of thioether (sulfide) groups is 1. The summed E-state index contributed by atoms with van der Waals surface area (Å²) in [6.07, 6.45) is 0. The molecule has 0 saturated carbocycles. The van der Waals surface area contributed by atoms with Crippen LogP contribution < -0.4 is 10.6 Å². The van der Waals surface area contributed by atoms with Crippen molar-refractivity contribution in [2.24, 2.45) is 0 Å². The zero-order valence-corrected chi connectivity index (χ0v) is 14.0. The van der Waals surface area contributed by atoms with Gasteiger partial charge in [0, 0.05) is 32.9 Å². The number of fused-ring (bicyclic) bond motifs is 1. The van der Waals surface area contributed by atoms with Gasteiger partial charge in [0.25, 0.3) is 5.91 Å². The van der Waals surface area contributed by atoms with Gasteiger partial charge in [-0.15, -0.1) is 11.8 Å². The Morgan fingerprint density at radius 3 is 2.90 bits per heavy atom. The number of benzene rings is 2. The third kappa shape index (κ3) is 2.80. The first-order chi connectivity index (χ1) is 10.1. The van der Waals surface area contributed by atoms with Crippen molar-refractivity contribution in [2.75, 3.05) is 22.9 Å². The van der Waals surface area contributed by atoms with Crippen LogP contribution in [0.25, 0.3) is 0 Å². The van der Waals surface area contributed by atoms with Crippen LogP contribution in [0.5, 0.6) is 0 Å². The number of anilines is 2. The van der Waals surface area contributed by atoms with Crippen molar-refractivity contribution in [2.45, 2.75) is 11.8 Å². The number of nitrogens with zero attached hydrogens (tertiary/aromatic N) is 1. The first kappa shape index (κ1) is 14.5. The van der Waals surface area contributed by atoms with Crippen LogP contribution in [0.2, 0.25) is 0 Å². The fourth-order valence-corrected chi connectivity index (χ4v) is 3.75. The monoisotopic (exact) mass is 362 g/mol. The maximum atomic E-state index is 12.9. The SMILES string of the molecule is Cc1ccc(Br)cc1C(=O)N1CCSc2ccc(N)cc21. The fourth-order valence-electron chi connectivity index (χ4n) is 2.42. The van der Waals surface area contributed by atoms with Gasteiger partial charge in [-0.2, -0.15) is 0 Å². The number of rotatable bonds is 1. The van der Waals surface area contributed by atoms with Crippen LogP contribution >= 0.6 is 27.7 Å². The fraction of sp³-hybridized carbons (Fsp3) is 0.188. The molecule has 5 heteroatoms. The summed E-state index contributed by atoms with van der Waals surface area (Å²) in [5, 5.41) is 0. The predicted octanol–water partition coefficient (Wildman–Crippen LogP) is 4.09. The van der Waals surface area contributed by atoms with Gasteiger partial charge in [0.05, 0.1) is 5.69 Å². The molecule has 2 aromatic carbocycles. The van der Waals surface area contributed by atoms with Gasteiger partial charge in [0.2, 0.25) is 0 Å². The summed E-state index contributed by atoms with van der Waals surface area (Å²) in [6, 6.07) is 11.5. The third-order valence-electron chi connectivity index (χ3n) is 3.52. The Labute approximate surface area is 136 Å². The Kier molecular flexibility index (Phi) is 3.95. The lowest BCUT2D eigenvalue weighted by atomic mass is 10.1. The van der Waals surface area contributed by atoms with E-state index in [9.17, 15) is 4.79 Å². The highest BCUT2D eigenvalue weighted by atomic mass is 79.9. The van der Waals surface area contributed by atoms with E-state index in [2.05, 4.69) is 15.9 Å². The van der Waals surface area contributed by atoms with Crippen LogP contribution in [-0.4, -0.2) is 18.2 Å². The van der Waals surface area contributed by atoms with Gasteiger partial charge in [-0.25, -0.2) is 0 Å².